The van der Waals surface area contributed by atoms with Crippen molar-refractivity contribution in [1.82, 2.24) is 15.1 Å². The van der Waals surface area contributed by atoms with Crippen molar-refractivity contribution in [1.29, 1.82) is 5.26 Å². The largest absolute Gasteiger partial charge is 0.507 e. The average molecular weight is 952 g/mol. The molecule has 358 valence electrons. The van der Waals surface area contributed by atoms with Crippen LogP contribution >= 0.6 is 0 Å². The summed E-state index contributed by atoms with van der Waals surface area (Å²) in [6, 6.07) is 28.5. The third-order valence-electron chi connectivity index (χ3n) is 13.8. The van der Waals surface area contributed by atoms with Crippen LogP contribution in [0.5, 0.6) is 34.6 Å². The zero-order valence-corrected chi connectivity index (χ0v) is 40.4. The molecule has 2 aliphatic rings. The number of carbonyl (C=O) groups is 1. The zero-order valence-electron chi connectivity index (χ0n) is 39.6. The van der Waals surface area contributed by atoms with Gasteiger partial charge in [0, 0.05) is 28.9 Å². The molecule has 1 amide bonds. The Morgan fingerprint density at radius 2 is 1.54 bits per heavy atom. The molecule has 1 saturated carbocycles. The maximum atomic E-state index is 14.0. The number of para-hydroxylation sites is 1. The summed E-state index contributed by atoms with van der Waals surface area (Å²) in [5, 5.41) is 58.9. The molecule has 0 saturated heterocycles. The Bertz CT molecular complexity index is 3070. The molecule has 5 N–H and O–H groups in total. The van der Waals surface area contributed by atoms with Gasteiger partial charge >= 0.3 is 0 Å². The number of benzene rings is 5. The number of nitriles is 1. The Labute approximate surface area is 402 Å². The number of carbonyl (C=O) groups excluding carboxylic acids is 1. The van der Waals surface area contributed by atoms with E-state index in [-0.39, 0.29) is 91.3 Å². The smallest absolute Gasteiger partial charge is 0.261 e. The minimum atomic E-state index is -4.10. The lowest BCUT2D eigenvalue weighted by Gasteiger charge is -2.30. The van der Waals surface area contributed by atoms with Crippen LogP contribution in [0, 0.1) is 11.3 Å². The normalized spacial score (nSPS) is 15.5. The summed E-state index contributed by atoms with van der Waals surface area (Å²) in [6.07, 6.45) is 4.88. The maximum Gasteiger partial charge on any atom is 0.261 e. The van der Waals surface area contributed by atoms with Crippen molar-refractivity contribution in [2.75, 3.05) is 17.9 Å². The van der Waals surface area contributed by atoms with Crippen LogP contribution in [0.25, 0.3) is 5.69 Å². The number of phenolic OH excluding ortho intramolecular Hbond substituents is 2. The molecular weight excluding hydrogens is 895 g/mol. The monoisotopic (exact) mass is 951 g/mol. The summed E-state index contributed by atoms with van der Waals surface area (Å²) in [7, 11) is -4.10. The number of azo groups is 1. The third kappa shape index (κ3) is 9.69. The Hall–Kier alpha value is -7.38. The molecule has 8 rings (SSSR count). The standard InChI is InChI=1S/C53H57N7O8S/c1-7-52(3,4)34-17-26-42(40(30-34)53(5,6)8-2)67-28-12-27-55-50(63)45-47(61)43-32-15-16-33(29-32)44(43)48(62)49(45)68-38-22-18-36(19-23-38)59-69(65,66)39-24-20-35(21-25-39)56-57-46-41(31-54)58-60(51(46)64)37-13-10-9-11-14-37/h9-11,13-14,17-26,30,32-33,59,61-62,64H,7-8,12,15-16,27-29H2,1-6H3,(H,55,63). The number of nitrogens with zero attached hydrogens (tertiary/aromatic N) is 5. The summed E-state index contributed by atoms with van der Waals surface area (Å²) in [4.78, 5) is 13.9. The minimum Gasteiger partial charge on any atom is -0.507 e. The SMILES string of the molecule is CCC(C)(C)c1ccc(OCCCNC(=O)c2c(O)c3c(c(O)c2Oc2ccc(NS(=O)(=O)c4ccc(N=Nc5c(C#N)nn(-c6ccccc6)c5O)cc4)cc2)C2CCC3C2)c(C(C)(C)CC)c1. The molecule has 5 aromatic carbocycles. The first-order chi connectivity index (χ1) is 33.0. The second-order valence-electron chi connectivity index (χ2n) is 18.9. The highest BCUT2D eigenvalue weighted by Crippen LogP contribution is 2.62. The van der Waals surface area contributed by atoms with Crippen LogP contribution in [0.4, 0.5) is 17.1 Å². The van der Waals surface area contributed by atoms with Gasteiger partial charge in [-0.25, -0.2) is 8.42 Å². The first-order valence-corrected chi connectivity index (χ1v) is 24.7. The molecule has 0 radical (unpaired) electrons. The van der Waals surface area contributed by atoms with Crippen molar-refractivity contribution in [3.8, 4) is 46.4 Å². The van der Waals surface area contributed by atoms with Crippen molar-refractivity contribution in [2.45, 2.75) is 108 Å². The molecule has 2 atom stereocenters. The Morgan fingerprint density at radius 1 is 0.870 bits per heavy atom. The Kier molecular flexibility index (Phi) is 13.5. The van der Waals surface area contributed by atoms with E-state index in [9.17, 15) is 33.8 Å². The van der Waals surface area contributed by atoms with Gasteiger partial charge in [0.2, 0.25) is 5.88 Å². The number of amides is 1. The predicted octanol–water partition coefficient (Wildman–Crippen LogP) is 11.8. The van der Waals surface area contributed by atoms with Crippen LogP contribution in [0.3, 0.4) is 0 Å². The number of hydrogen-bond acceptors (Lipinski definition) is 12. The van der Waals surface area contributed by atoms with Gasteiger partial charge in [0.1, 0.15) is 28.9 Å². The molecule has 69 heavy (non-hydrogen) atoms. The zero-order chi connectivity index (χ0) is 49.3. The molecule has 6 aromatic rings. The summed E-state index contributed by atoms with van der Waals surface area (Å²) in [5.41, 5.74) is 4.02. The van der Waals surface area contributed by atoms with Gasteiger partial charge in [-0.2, -0.15) is 20.2 Å². The van der Waals surface area contributed by atoms with E-state index in [0.29, 0.717) is 29.8 Å². The van der Waals surface area contributed by atoms with E-state index in [2.05, 4.69) is 79.0 Å². The van der Waals surface area contributed by atoms with Crippen molar-refractivity contribution < 1.29 is 38.0 Å². The van der Waals surface area contributed by atoms with E-state index in [4.69, 9.17) is 9.47 Å². The number of fused-ring (bicyclic) bond motifs is 5. The number of nitrogens with one attached hydrogen (secondary N) is 2. The highest BCUT2D eigenvalue weighted by atomic mass is 32.2. The summed E-state index contributed by atoms with van der Waals surface area (Å²) in [5.74, 6) is -0.513. The molecule has 2 aliphatic carbocycles. The Morgan fingerprint density at radius 3 is 2.19 bits per heavy atom. The molecular formula is C53H57N7O8S. The molecule has 1 aromatic heterocycles. The predicted molar refractivity (Wildman–Crippen MR) is 263 cm³/mol. The molecule has 1 fully saturated rings. The van der Waals surface area contributed by atoms with Crippen molar-refractivity contribution in [3.05, 3.63) is 131 Å². The van der Waals surface area contributed by atoms with Crippen LogP contribution in [0.2, 0.25) is 0 Å². The second-order valence-corrected chi connectivity index (χ2v) is 20.6. The van der Waals surface area contributed by atoms with Gasteiger partial charge in [-0.1, -0.05) is 71.9 Å². The fourth-order valence-corrected chi connectivity index (χ4v) is 10.0. The van der Waals surface area contributed by atoms with Crippen molar-refractivity contribution >= 4 is 33.0 Å². The number of hydrogen-bond donors (Lipinski definition) is 5. The summed E-state index contributed by atoms with van der Waals surface area (Å²) < 4.78 is 43.1. The van der Waals surface area contributed by atoms with Crippen LogP contribution in [-0.2, 0) is 20.9 Å². The lowest BCUT2D eigenvalue weighted by molar-refractivity contribution is 0.0945. The summed E-state index contributed by atoms with van der Waals surface area (Å²) in [6.45, 7) is 13.8. The molecule has 2 unspecified atom stereocenters. The fourth-order valence-electron chi connectivity index (χ4n) is 8.97. The second kappa shape index (κ2) is 19.3. The highest BCUT2D eigenvalue weighted by Gasteiger charge is 2.44. The molecule has 16 heteroatoms. The summed E-state index contributed by atoms with van der Waals surface area (Å²) >= 11 is 0. The topological polar surface area (TPSA) is 221 Å². The number of sulfonamides is 1. The quantitative estimate of drug-likeness (QED) is 0.0311. The number of ether oxygens (including phenoxy) is 2. The highest BCUT2D eigenvalue weighted by molar-refractivity contribution is 7.92. The average Bonchev–Trinajstić information content (AvgIpc) is 4.07. The van der Waals surface area contributed by atoms with Crippen molar-refractivity contribution in [2.24, 2.45) is 10.2 Å². The van der Waals surface area contributed by atoms with Gasteiger partial charge in [0.05, 0.1) is 22.9 Å². The third-order valence-corrected chi connectivity index (χ3v) is 15.2. The number of aromatic hydroxyl groups is 3. The van der Waals surface area contributed by atoms with E-state index in [1.54, 1.807) is 30.3 Å². The van der Waals surface area contributed by atoms with E-state index < -0.39 is 15.9 Å². The van der Waals surface area contributed by atoms with E-state index in [0.717, 1.165) is 43.4 Å². The number of aromatic nitrogens is 2. The Balaban J connectivity index is 0.939. The van der Waals surface area contributed by atoms with Gasteiger partial charge in [-0.05, 0) is 133 Å². The molecule has 0 spiro atoms. The number of phenols is 2. The molecule has 15 nitrogen and oxygen atoms in total. The molecule has 0 aliphatic heterocycles. The maximum absolute atomic E-state index is 14.0. The van der Waals surface area contributed by atoms with Gasteiger partial charge in [0.15, 0.2) is 22.9 Å². The van der Waals surface area contributed by atoms with Gasteiger partial charge in [-0.3, -0.25) is 9.52 Å². The first-order valence-electron chi connectivity index (χ1n) is 23.2. The van der Waals surface area contributed by atoms with Crippen LogP contribution in [-0.4, -0.2) is 52.6 Å². The van der Waals surface area contributed by atoms with Gasteiger partial charge in [-0.15, -0.1) is 5.11 Å². The van der Waals surface area contributed by atoms with E-state index in [1.165, 1.54) is 58.8 Å². The number of rotatable bonds is 18. The van der Waals surface area contributed by atoms with Crippen LogP contribution in [0.15, 0.2) is 112 Å². The lowest BCUT2D eigenvalue weighted by atomic mass is 9.76. The van der Waals surface area contributed by atoms with E-state index in [1.807, 2.05) is 12.1 Å². The minimum absolute atomic E-state index is 0.0230. The van der Waals surface area contributed by atoms with Crippen molar-refractivity contribution in [3.63, 3.8) is 0 Å². The van der Waals surface area contributed by atoms with Gasteiger partial charge in [0.25, 0.3) is 15.9 Å². The van der Waals surface area contributed by atoms with Crippen LogP contribution < -0.4 is 19.5 Å². The van der Waals surface area contributed by atoms with E-state index >= 15 is 0 Å². The van der Waals surface area contributed by atoms with Crippen LogP contribution in [0.1, 0.15) is 130 Å². The molecule has 2 bridgehead atoms. The number of anilines is 1. The molecule has 1 heterocycles. The fraction of sp³-hybridized carbons (Fsp3) is 0.340. The lowest BCUT2D eigenvalue weighted by Crippen LogP contribution is -2.27. The first kappa shape index (κ1) is 48.1. The van der Waals surface area contributed by atoms with Gasteiger partial charge < -0.3 is 30.1 Å².